The van der Waals surface area contributed by atoms with E-state index in [1.165, 1.54) is 25.9 Å². The molecule has 0 N–H and O–H groups in total. The number of nitrogens with zero attached hydrogens (tertiary/aromatic N) is 1. The molecule has 0 bridgehead atoms. The summed E-state index contributed by atoms with van der Waals surface area (Å²) in [4.78, 5) is 2.61. The zero-order valence-electron chi connectivity index (χ0n) is 11.0. The first-order valence-corrected chi connectivity index (χ1v) is 6.26. The van der Waals surface area contributed by atoms with Gasteiger partial charge in [0.05, 0.1) is 0 Å². The molecule has 0 aromatic carbocycles. The molecule has 1 unspecified atom stereocenters. The summed E-state index contributed by atoms with van der Waals surface area (Å²) in [6.45, 7) is 16.4. The van der Waals surface area contributed by atoms with E-state index >= 15 is 0 Å². The molecule has 0 saturated heterocycles. The highest BCUT2D eigenvalue weighted by Crippen LogP contribution is 2.17. The average molecular weight is 199 g/mol. The minimum Gasteiger partial charge on any atom is -0.301 e. The van der Waals surface area contributed by atoms with E-state index in [9.17, 15) is 0 Å². The summed E-state index contributed by atoms with van der Waals surface area (Å²) >= 11 is 0. The van der Waals surface area contributed by atoms with Crippen LogP contribution in [0.4, 0.5) is 0 Å². The summed E-state index contributed by atoms with van der Waals surface area (Å²) < 4.78 is 0. The second kappa shape index (κ2) is 7.28. The van der Waals surface area contributed by atoms with E-state index in [4.69, 9.17) is 0 Å². The summed E-state index contributed by atoms with van der Waals surface area (Å²) in [5.74, 6) is 1.68. The second-order valence-electron chi connectivity index (χ2n) is 4.95. The SMILES string of the molecule is CCCN(C[C@@H](C)C(C)CC)C(C)C. The van der Waals surface area contributed by atoms with Crippen molar-refractivity contribution in [3.63, 3.8) is 0 Å². The molecule has 0 aliphatic heterocycles. The average Bonchev–Trinajstić information content (AvgIpc) is 2.15. The van der Waals surface area contributed by atoms with Gasteiger partial charge in [0.2, 0.25) is 0 Å². The zero-order chi connectivity index (χ0) is 11.1. The van der Waals surface area contributed by atoms with Crippen LogP contribution < -0.4 is 0 Å². The number of hydrogen-bond donors (Lipinski definition) is 0. The van der Waals surface area contributed by atoms with Crippen LogP contribution in [0, 0.1) is 11.8 Å². The van der Waals surface area contributed by atoms with Crippen LogP contribution >= 0.6 is 0 Å². The maximum absolute atomic E-state index is 2.61. The van der Waals surface area contributed by atoms with Crippen LogP contribution in [-0.4, -0.2) is 24.0 Å². The van der Waals surface area contributed by atoms with E-state index in [1.54, 1.807) is 0 Å². The van der Waals surface area contributed by atoms with Gasteiger partial charge in [-0.2, -0.15) is 0 Å². The lowest BCUT2D eigenvalue weighted by molar-refractivity contribution is 0.167. The van der Waals surface area contributed by atoms with Crippen LogP contribution in [0.3, 0.4) is 0 Å². The molecule has 14 heavy (non-hydrogen) atoms. The van der Waals surface area contributed by atoms with Gasteiger partial charge in [-0.05, 0) is 38.6 Å². The summed E-state index contributed by atoms with van der Waals surface area (Å²) in [5.41, 5.74) is 0. The van der Waals surface area contributed by atoms with Gasteiger partial charge in [-0.15, -0.1) is 0 Å². The topological polar surface area (TPSA) is 3.24 Å². The molecule has 1 heteroatoms. The van der Waals surface area contributed by atoms with E-state index in [0.29, 0.717) is 6.04 Å². The first kappa shape index (κ1) is 14.0. The predicted molar refractivity (Wildman–Crippen MR) is 65.6 cm³/mol. The Labute approximate surface area is 90.9 Å². The van der Waals surface area contributed by atoms with Gasteiger partial charge < -0.3 is 4.90 Å². The summed E-state index contributed by atoms with van der Waals surface area (Å²) in [7, 11) is 0. The normalized spacial score (nSPS) is 16.3. The Morgan fingerprint density at radius 3 is 1.86 bits per heavy atom. The van der Waals surface area contributed by atoms with Crippen LogP contribution in [-0.2, 0) is 0 Å². The maximum atomic E-state index is 2.61. The molecule has 0 radical (unpaired) electrons. The quantitative estimate of drug-likeness (QED) is 0.603. The van der Waals surface area contributed by atoms with Gasteiger partial charge in [0.1, 0.15) is 0 Å². The Morgan fingerprint density at radius 2 is 1.50 bits per heavy atom. The van der Waals surface area contributed by atoms with E-state index < -0.39 is 0 Å². The first-order valence-electron chi connectivity index (χ1n) is 6.26. The Morgan fingerprint density at radius 1 is 0.929 bits per heavy atom. The second-order valence-corrected chi connectivity index (χ2v) is 4.95. The summed E-state index contributed by atoms with van der Waals surface area (Å²) in [6.07, 6.45) is 2.57. The molecule has 0 heterocycles. The summed E-state index contributed by atoms with van der Waals surface area (Å²) in [5, 5.41) is 0. The number of hydrogen-bond acceptors (Lipinski definition) is 1. The van der Waals surface area contributed by atoms with Crippen molar-refractivity contribution in [2.75, 3.05) is 13.1 Å². The minimum absolute atomic E-state index is 0.696. The molecule has 0 saturated carbocycles. The van der Waals surface area contributed by atoms with Crippen molar-refractivity contribution in [2.24, 2.45) is 11.8 Å². The fraction of sp³-hybridized carbons (Fsp3) is 1.00. The van der Waals surface area contributed by atoms with E-state index in [0.717, 1.165) is 11.8 Å². The Hall–Kier alpha value is -0.0400. The summed E-state index contributed by atoms with van der Waals surface area (Å²) in [6, 6.07) is 0.696. The lowest BCUT2D eigenvalue weighted by Gasteiger charge is -2.31. The van der Waals surface area contributed by atoms with Gasteiger partial charge in [0.15, 0.2) is 0 Å². The third kappa shape index (κ3) is 4.99. The molecule has 0 aromatic heterocycles. The highest BCUT2D eigenvalue weighted by Gasteiger charge is 2.16. The molecular weight excluding hydrogens is 170 g/mol. The Kier molecular flexibility index (Phi) is 7.26. The maximum Gasteiger partial charge on any atom is 0.00387 e. The van der Waals surface area contributed by atoms with Crippen LogP contribution in [0.1, 0.15) is 54.4 Å². The molecule has 86 valence electrons. The molecule has 1 nitrogen and oxygen atoms in total. The molecule has 0 aliphatic carbocycles. The first-order chi connectivity index (χ1) is 6.52. The van der Waals surface area contributed by atoms with Gasteiger partial charge in [0.25, 0.3) is 0 Å². The molecule has 0 fully saturated rings. The van der Waals surface area contributed by atoms with Crippen molar-refractivity contribution in [3.8, 4) is 0 Å². The molecule has 0 aliphatic rings. The highest BCUT2D eigenvalue weighted by atomic mass is 15.1. The lowest BCUT2D eigenvalue weighted by Crippen LogP contribution is -2.36. The predicted octanol–water partition coefficient (Wildman–Crippen LogP) is 3.79. The van der Waals surface area contributed by atoms with Crippen LogP contribution in [0.5, 0.6) is 0 Å². The van der Waals surface area contributed by atoms with E-state index in [1.807, 2.05) is 0 Å². The van der Waals surface area contributed by atoms with Gasteiger partial charge >= 0.3 is 0 Å². The zero-order valence-corrected chi connectivity index (χ0v) is 11.0. The van der Waals surface area contributed by atoms with Crippen LogP contribution in [0.25, 0.3) is 0 Å². The number of rotatable bonds is 7. The fourth-order valence-electron chi connectivity index (χ4n) is 1.80. The third-order valence-corrected chi connectivity index (χ3v) is 3.38. The molecule has 0 aromatic rings. The fourth-order valence-corrected chi connectivity index (χ4v) is 1.80. The largest absolute Gasteiger partial charge is 0.301 e. The van der Waals surface area contributed by atoms with Crippen LogP contribution in [0.2, 0.25) is 0 Å². The smallest absolute Gasteiger partial charge is 0.00387 e. The van der Waals surface area contributed by atoms with Gasteiger partial charge in [0, 0.05) is 12.6 Å². The molecule has 2 atom stereocenters. The van der Waals surface area contributed by atoms with Gasteiger partial charge in [-0.1, -0.05) is 34.1 Å². The highest BCUT2D eigenvalue weighted by molar-refractivity contribution is 4.69. The minimum atomic E-state index is 0.696. The van der Waals surface area contributed by atoms with Crippen molar-refractivity contribution in [2.45, 2.75) is 60.4 Å². The molecule has 0 spiro atoms. The third-order valence-electron chi connectivity index (χ3n) is 3.38. The van der Waals surface area contributed by atoms with E-state index in [2.05, 4.69) is 46.4 Å². The van der Waals surface area contributed by atoms with Crippen molar-refractivity contribution < 1.29 is 0 Å². The Balaban J connectivity index is 4.01. The van der Waals surface area contributed by atoms with Crippen molar-refractivity contribution in [1.82, 2.24) is 4.90 Å². The molecule has 0 rings (SSSR count). The molecule has 0 amide bonds. The monoisotopic (exact) mass is 199 g/mol. The van der Waals surface area contributed by atoms with Gasteiger partial charge in [-0.25, -0.2) is 0 Å². The van der Waals surface area contributed by atoms with Gasteiger partial charge in [-0.3, -0.25) is 0 Å². The Bertz CT molecular complexity index is 131. The van der Waals surface area contributed by atoms with Crippen LogP contribution in [0.15, 0.2) is 0 Å². The van der Waals surface area contributed by atoms with Crippen molar-refractivity contribution >= 4 is 0 Å². The standard InChI is InChI=1S/C13H29N/c1-7-9-14(11(3)4)10-13(6)12(5)8-2/h11-13H,7-10H2,1-6H3/t12?,13-/m1/s1. The molecular formula is C13H29N. The van der Waals surface area contributed by atoms with Crippen molar-refractivity contribution in [3.05, 3.63) is 0 Å². The van der Waals surface area contributed by atoms with Crippen molar-refractivity contribution in [1.29, 1.82) is 0 Å². The lowest BCUT2D eigenvalue weighted by atomic mass is 9.93. The van der Waals surface area contributed by atoms with E-state index in [-0.39, 0.29) is 0 Å².